The molecule has 1 aliphatic heterocycles. The van der Waals surface area contributed by atoms with Gasteiger partial charge in [0.1, 0.15) is 0 Å². The van der Waals surface area contributed by atoms with Crippen molar-refractivity contribution in [2.45, 2.75) is 45.2 Å². The van der Waals surface area contributed by atoms with Gasteiger partial charge in [0.15, 0.2) is 0 Å². The lowest BCUT2D eigenvalue weighted by Gasteiger charge is -2.25. The van der Waals surface area contributed by atoms with E-state index in [0.717, 1.165) is 18.0 Å². The fourth-order valence-corrected chi connectivity index (χ4v) is 5.51. The Labute approximate surface area is 224 Å². The highest BCUT2D eigenvalue weighted by Crippen LogP contribution is 2.37. The Hall–Kier alpha value is -4.63. The lowest BCUT2D eigenvalue weighted by Crippen LogP contribution is -2.38. The molecule has 2 bridgehead atoms. The van der Waals surface area contributed by atoms with Crippen LogP contribution in [-0.2, 0) is 11.3 Å². The predicted octanol–water partition coefficient (Wildman–Crippen LogP) is 2.89. The molecule has 4 aromatic heterocycles. The van der Waals surface area contributed by atoms with Crippen LogP contribution in [0.5, 0.6) is 0 Å². The summed E-state index contributed by atoms with van der Waals surface area (Å²) in [6.07, 6.45) is 13.9. The number of nitriles is 1. The van der Waals surface area contributed by atoms with Gasteiger partial charge in [-0.1, -0.05) is 0 Å². The Bertz CT molecular complexity index is 1600. The topological polar surface area (TPSA) is 146 Å². The molecule has 0 unspecified atom stereocenters. The molecule has 2 fully saturated rings. The number of hydrogen-bond donors (Lipinski definition) is 2. The fourth-order valence-electron chi connectivity index (χ4n) is 5.51. The normalized spacial score (nSPS) is 18.4. The molecule has 4 aromatic rings. The lowest BCUT2D eigenvalue weighted by atomic mass is 10.1. The number of likely N-dealkylation sites (tertiary alicyclic amines) is 1. The molecule has 5 heterocycles. The molecule has 6 rings (SSSR count). The van der Waals surface area contributed by atoms with Crippen LogP contribution in [0.1, 0.15) is 41.7 Å². The summed E-state index contributed by atoms with van der Waals surface area (Å²) in [5.41, 5.74) is 4.00. The van der Waals surface area contributed by atoms with E-state index in [4.69, 9.17) is 5.26 Å². The summed E-state index contributed by atoms with van der Waals surface area (Å²) in [4.78, 5) is 37.0. The summed E-state index contributed by atoms with van der Waals surface area (Å²) < 4.78 is 3.28. The SMILES string of the molecule is Cc1ncc(NC(=O)CN2C[C@H]3CC[C@@H]2C3)cc1NC(=O)c1cnn2cc(-c3cnn(CCC#N)c3)ncc12. The maximum absolute atomic E-state index is 13.2. The molecular weight excluding hydrogens is 496 g/mol. The number of aromatic nitrogens is 6. The van der Waals surface area contributed by atoms with Crippen molar-refractivity contribution in [1.82, 2.24) is 34.3 Å². The molecule has 1 aliphatic carbocycles. The Balaban J connectivity index is 1.13. The van der Waals surface area contributed by atoms with Crippen molar-refractivity contribution < 1.29 is 9.59 Å². The van der Waals surface area contributed by atoms with Crippen LogP contribution in [0.15, 0.2) is 43.2 Å². The summed E-state index contributed by atoms with van der Waals surface area (Å²) in [5.74, 6) is 0.294. The van der Waals surface area contributed by atoms with Crippen LogP contribution in [0.3, 0.4) is 0 Å². The van der Waals surface area contributed by atoms with Gasteiger partial charge in [0.25, 0.3) is 5.91 Å². The Morgan fingerprint density at radius 3 is 2.79 bits per heavy atom. The molecule has 12 heteroatoms. The number of anilines is 2. The molecule has 12 nitrogen and oxygen atoms in total. The van der Waals surface area contributed by atoms with Crippen molar-refractivity contribution >= 4 is 28.7 Å². The molecule has 2 amide bonds. The number of fused-ring (bicyclic) bond motifs is 3. The zero-order valence-corrected chi connectivity index (χ0v) is 21.5. The summed E-state index contributed by atoms with van der Waals surface area (Å²) in [7, 11) is 0. The van der Waals surface area contributed by atoms with Crippen molar-refractivity contribution in [1.29, 1.82) is 5.26 Å². The summed E-state index contributed by atoms with van der Waals surface area (Å²) in [6, 6.07) is 4.35. The van der Waals surface area contributed by atoms with Crippen molar-refractivity contribution in [2.24, 2.45) is 5.92 Å². The molecular formula is C27H28N10O2. The monoisotopic (exact) mass is 524 g/mol. The van der Waals surface area contributed by atoms with E-state index >= 15 is 0 Å². The van der Waals surface area contributed by atoms with Crippen LogP contribution in [0.4, 0.5) is 11.4 Å². The molecule has 2 N–H and O–H groups in total. The minimum Gasteiger partial charge on any atom is -0.324 e. The van der Waals surface area contributed by atoms with Crippen molar-refractivity contribution in [3.8, 4) is 17.3 Å². The number of nitrogens with one attached hydrogen (secondary N) is 2. The zero-order valence-electron chi connectivity index (χ0n) is 21.5. The molecule has 0 spiro atoms. The quantitative estimate of drug-likeness (QED) is 0.358. The molecule has 1 saturated carbocycles. The molecule has 198 valence electrons. The maximum Gasteiger partial charge on any atom is 0.259 e. The first-order valence-corrected chi connectivity index (χ1v) is 13.0. The number of pyridine rings is 1. The first-order valence-electron chi connectivity index (χ1n) is 13.0. The summed E-state index contributed by atoms with van der Waals surface area (Å²) >= 11 is 0. The Morgan fingerprint density at radius 1 is 1.10 bits per heavy atom. The Morgan fingerprint density at radius 2 is 2.00 bits per heavy atom. The van der Waals surface area contributed by atoms with Gasteiger partial charge in [0.2, 0.25) is 5.91 Å². The summed E-state index contributed by atoms with van der Waals surface area (Å²) in [6.45, 7) is 3.66. The lowest BCUT2D eigenvalue weighted by molar-refractivity contribution is -0.117. The van der Waals surface area contributed by atoms with Crippen LogP contribution in [0.2, 0.25) is 0 Å². The van der Waals surface area contributed by atoms with E-state index < -0.39 is 0 Å². The minimum absolute atomic E-state index is 0.0782. The second-order valence-corrected chi connectivity index (χ2v) is 10.2. The van der Waals surface area contributed by atoms with E-state index in [0.29, 0.717) is 59.4 Å². The highest BCUT2D eigenvalue weighted by Gasteiger charge is 2.38. The Kier molecular flexibility index (Phi) is 6.50. The number of rotatable bonds is 8. The number of aryl methyl sites for hydroxylation is 2. The number of amides is 2. The van der Waals surface area contributed by atoms with E-state index in [9.17, 15) is 9.59 Å². The first-order chi connectivity index (χ1) is 19.0. The number of carbonyl (C=O) groups excluding carboxylic acids is 2. The van der Waals surface area contributed by atoms with Gasteiger partial charge in [-0.05, 0) is 38.2 Å². The van der Waals surface area contributed by atoms with Crippen LogP contribution >= 0.6 is 0 Å². The third-order valence-electron chi connectivity index (χ3n) is 7.52. The molecule has 39 heavy (non-hydrogen) atoms. The van der Waals surface area contributed by atoms with E-state index in [1.165, 1.54) is 25.5 Å². The maximum atomic E-state index is 13.2. The van der Waals surface area contributed by atoms with Gasteiger partial charge in [-0.25, -0.2) is 4.52 Å². The second kappa shape index (κ2) is 10.3. The van der Waals surface area contributed by atoms with Gasteiger partial charge in [0.05, 0.1) is 90.4 Å². The summed E-state index contributed by atoms with van der Waals surface area (Å²) in [5, 5.41) is 23.2. The third kappa shape index (κ3) is 5.08. The minimum atomic E-state index is -0.356. The average molecular weight is 525 g/mol. The van der Waals surface area contributed by atoms with Crippen LogP contribution in [-0.4, -0.2) is 65.2 Å². The smallest absolute Gasteiger partial charge is 0.259 e. The van der Waals surface area contributed by atoms with Crippen molar-refractivity contribution in [3.05, 3.63) is 54.5 Å². The van der Waals surface area contributed by atoms with Gasteiger partial charge in [-0.3, -0.25) is 29.1 Å². The molecule has 2 atom stereocenters. The number of carbonyl (C=O) groups is 2. The molecule has 2 aliphatic rings. The number of piperidine rings is 1. The van der Waals surface area contributed by atoms with E-state index in [2.05, 4.69) is 41.8 Å². The van der Waals surface area contributed by atoms with Crippen LogP contribution in [0.25, 0.3) is 16.8 Å². The zero-order chi connectivity index (χ0) is 26.9. The molecule has 0 aromatic carbocycles. The third-order valence-corrected chi connectivity index (χ3v) is 7.52. The van der Waals surface area contributed by atoms with E-state index in [1.54, 1.807) is 47.0 Å². The van der Waals surface area contributed by atoms with Crippen LogP contribution in [0, 0.1) is 24.2 Å². The van der Waals surface area contributed by atoms with Gasteiger partial charge < -0.3 is 10.6 Å². The number of nitrogens with zero attached hydrogens (tertiary/aromatic N) is 8. The highest BCUT2D eigenvalue weighted by atomic mass is 16.2. The van der Waals surface area contributed by atoms with Gasteiger partial charge in [-0.15, -0.1) is 0 Å². The average Bonchev–Trinajstić information content (AvgIpc) is 3.73. The van der Waals surface area contributed by atoms with E-state index in [-0.39, 0.29) is 11.8 Å². The van der Waals surface area contributed by atoms with Crippen LogP contribution < -0.4 is 10.6 Å². The second-order valence-electron chi connectivity index (χ2n) is 10.2. The van der Waals surface area contributed by atoms with E-state index in [1.807, 2.05) is 6.20 Å². The fraction of sp³-hybridized carbons (Fsp3) is 0.370. The van der Waals surface area contributed by atoms with Gasteiger partial charge in [0, 0.05) is 24.3 Å². The largest absolute Gasteiger partial charge is 0.324 e. The number of hydrogen-bond acceptors (Lipinski definition) is 8. The first kappa shape index (κ1) is 24.7. The highest BCUT2D eigenvalue weighted by molar-refractivity contribution is 6.09. The predicted molar refractivity (Wildman–Crippen MR) is 143 cm³/mol. The van der Waals surface area contributed by atoms with Gasteiger partial charge >= 0.3 is 0 Å². The van der Waals surface area contributed by atoms with Gasteiger partial charge in [-0.2, -0.15) is 15.5 Å². The standard InChI is InChI=1S/C27H28N10O2/c1-17-23(8-20(10-29-17)33-26(38)16-35-13-18-3-4-21(35)7-18)34-27(39)22-11-32-37-15-24(30-12-25(22)37)19-9-31-36(14-19)6-2-5-28/h8-12,14-15,18,21H,2-4,6-7,13,16H2,1H3,(H,33,38)(H,34,39)/t18-,21+/m0/s1. The molecule has 0 radical (unpaired) electrons. The molecule has 1 saturated heterocycles. The van der Waals surface area contributed by atoms with Crippen molar-refractivity contribution in [3.63, 3.8) is 0 Å². The van der Waals surface area contributed by atoms with Crippen molar-refractivity contribution in [2.75, 3.05) is 23.7 Å².